The molecule has 0 bridgehead atoms. The molecular formula is C35H30F9N5O5S2. The molecule has 10 nitrogen and oxygen atoms in total. The molecule has 3 amide bonds. The van der Waals surface area contributed by atoms with Crippen LogP contribution in [0.1, 0.15) is 36.0 Å². The van der Waals surface area contributed by atoms with Gasteiger partial charge in [-0.3, -0.25) is 4.79 Å². The van der Waals surface area contributed by atoms with Gasteiger partial charge in [-0.15, -0.1) is 10.2 Å². The fourth-order valence-corrected chi connectivity index (χ4v) is 9.48. The highest BCUT2D eigenvalue weighted by Gasteiger charge is 2.73. The zero-order valence-corrected chi connectivity index (χ0v) is 30.3. The summed E-state index contributed by atoms with van der Waals surface area (Å²) < 4.78 is 161. The van der Waals surface area contributed by atoms with Crippen LogP contribution in [-0.2, 0) is 36.3 Å². The van der Waals surface area contributed by atoms with Gasteiger partial charge in [0.25, 0.3) is 5.60 Å². The Labute approximate surface area is 317 Å². The minimum Gasteiger partial charge on any atom is -0.349 e. The third-order valence-corrected chi connectivity index (χ3v) is 13.1. The second-order valence-electron chi connectivity index (χ2n) is 13.1. The number of benzene rings is 3. The monoisotopic (exact) mass is 835 g/mol. The number of hydrogen-bond donors (Lipinski definition) is 1. The molecule has 3 aromatic carbocycles. The van der Waals surface area contributed by atoms with Crippen LogP contribution in [0.25, 0.3) is 0 Å². The molecule has 1 N–H and O–H groups in total. The summed E-state index contributed by atoms with van der Waals surface area (Å²) in [4.78, 5) is 28.6. The molecule has 0 radical (unpaired) electrons. The number of nitrogens with zero attached hydrogens (tertiary/aromatic N) is 4. The Hall–Kier alpha value is -4.76. The van der Waals surface area contributed by atoms with Crippen molar-refractivity contribution in [3.63, 3.8) is 0 Å². The topological polar surface area (TPSA) is 122 Å². The maximum atomic E-state index is 14.6. The zero-order valence-electron chi connectivity index (χ0n) is 28.7. The van der Waals surface area contributed by atoms with Crippen LogP contribution >= 0.6 is 11.3 Å². The van der Waals surface area contributed by atoms with Gasteiger partial charge in [0.15, 0.2) is 9.84 Å². The fraction of sp³-hybridized carbons (Fsp3) is 0.371. The number of sulfone groups is 1. The lowest BCUT2D eigenvalue weighted by atomic mass is 9.88. The van der Waals surface area contributed by atoms with Crippen molar-refractivity contribution in [2.75, 3.05) is 31.5 Å². The van der Waals surface area contributed by atoms with Gasteiger partial charge in [0.2, 0.25) is 11.0 Å². The van der Waals surface area contributed by atoms with Gasteiger partial charge in [0, 0.05) is 43.2 Å². The molecular weight excluding hydrogens is 806 g/mol. The van der Waals surface area contributed by atoms with Crippen molar-refractivity contribution in [2.45, 2.75) is 53.5 Å². The number of alkyl halides is 6. The van der Waals surface area contributed by atoms with E-state index in [9.17, 15) is 57.5 Å². The van der Waals surface area contributed by atoms with Gasteiger partial charge < -0.3 is 19.9 Å². The van der Waals surface area contributed by atoms with Gasteiger partial charge in [-0.05, 0) is 61.2 Å². The summed E-state index contributed by atoms with van der Waals surface area (Å²) in [7, 11) is -4.67. The molecule has 1 unspecified atom stereocenters. The van der Waals surface area contributed by atoms with E-state index >= 15 is 0 Å². The Bertz CT molecular complexity index is 2130. The van der Waals surface area contributed by atoms with Crippen molar-refractivity contribution < 1.29 is 62.3 Å². The van der Waals surface area contributed by atoms with E-state index in [0.29, 0.717) is 29.4 Å². The maximum Gasteiger partial charge on any atom is 0.430 e. The summed E-state index contributed by atoms with van der Waals surface area (Å²) in [5, 5.41) is 10.3. The van der Waals surface area contributed by atoms with Crippen molar-refractivity contribution in [1.29, 1.82) is 0 Å². The number of halogens is 9. The van der Waals surface area contributed by atoms with E-state index in [1.807, 2.05) is 0 Å². The molecule has 3 heterocycles. The van der Waals surface area contributed by atoms with Crippen LogP contribution in [0.2, 0.25) is 0 Å². The molecule has 2 aliphatic heterocycles. The largest absolute Gasteiger partial charge is 0.430 e. The number of carbonyl (C=O) groups excluding carboxylic acids is 2. The summed E-state index contributed by atoms with van der Waals surface area (Å²) >= 11 is 1.12. The minimum absolute atomic E-state index is 0.101. The van der Waals surface area contributed by atoms with Gasteiger partial charge >= 0.3 is 18.4 Å². The lowest BCUT2D eigenvalue weighted by molar-refractivity contribution is -0.392. The van der Waals surface area contributed by atoms with Crippen molar-refractivity contribution in [3.8, 4) is 0 Å². The number of carbonyl (C=O) groups is 2. The summed E-state index contributed by atoms with van der Waals surface area (Å²) in [6.07, 6.45) is -12.4. The first-order valence-electron chi connectivity index (χ1n) is 16.7. The standard InChI is InChI=1S/C35H30F9N5O5S2/c36-24-8-10-25(11-9-24)56(52,53)32(14-17-49(19-32)31(51)48-15-12-21(13-16-48)29(50)46-30-47-45-20-55-30)22-4-6-23(7-5-22)33(34(39,40)41,35(42,43)44)54-18-26-27(37)2-1-3-28(26)38/h1-11,20-21H,12-19H2,(H,46,47,50). The molecule has 6 rings (SSSR count). The van der Waals surface area contributed by atoms with E-state index in [1.54, 1.807) is 0 Å². The molecule has 56 heavy (non-hydrogen) atoms. The highest BCUT2D eigenvalue weighted by atomic mass is 32.2. The molecule has 1 atom stereocenters. The Morgan fingerprint density at radius 1 is 0.857 bits per heavy atom. The summed E-state index contributed by atoms with van der Waals surface area (Å²) in [6.45, 7) is -2.40. The number of piperidine rings is 1. The van der Waals surface area contributed by atoms with Crippen molar-refractivity contribution >= 4 is 38.2 Å². The molecule has 21 heteroatoms. The number of amides is 3. The smallest absolute Gasteiger partial charge is 0.349 e. The number of aromatic nitrogens is 2. The summed E-state index contributed by atoms with van der Waals surface area (Å²) in [5.41, 5.74) is -6.76. The fourth-order valence-electron chi connectivity index (χ4n) is 6.96. The van der Waals surface area contributed by atoms with Gasteiger partial charge in [0.1, 0.15) is 27.7 Å². The van der Waals surface area contributed by atoms with Gasteiger partial charge in [0.05, 0.1) is 11.5 Å². The second-order valence-corrected chi connectivity index (χ2v) is 16.2. The number of anilines is 1. The van der Waals surface area contributed by atoms with Gasteiger partial charge in [-0.1, -0.05) is 41.7 Å². The Balaban J connectivity index is 1.32. The van der Waals surface area contributed by atoms with E-state index in [0.717, 1.165) is 53.8 Å². The van der Waals surface area contributed by atoms with E-state index in [2.05, 4.69) is 20.3 Å². The molecule has 300 valence electrons. The van der Waals surface area contributed by atoms with Crippen molar-refractivity contribution in [3.05, 3.63) is 106 Å². The van der Waals surface area contributed by atoms with Crippen LogP contribution in [0.15, 0.2) is 77.1 Å². The van der Waals surface area contributed by atoms with Crippen LogP contribution in [-0.4, -0.2) is 78.9 Å². The molecule has 0 saturated carbocycles. The highest BCUT2D eigenvalue weighted by molar-refractivity contribution is 7.92. The van der Waals surface area contributed by atoms with E-state index in [1.165, 1.54) is 15.3 Å². The normalized spacial score (nSPS) is 18.7. The van der Waals surface area contributed by atoms with E-state index < -0.39 is 91.1 Å². The van der Waals surface area contributed by atoms with Crippen LogP contribution in [0.4, 0.5) is 49.4 Å². The predicted molar refractivity (Wildman–Crippen MR) is 181 cm³/mol. The van der Waals surface area contributed by atoms with Crippen molar-refractivity contribution in [2.24, 2.45) is 5.92 Å². The Kier molecular flexibility index (Phi) is 11.2. The molecule has 2 aliphatic rings. The molecule has 0 spiro atoms. The lowest BCUT2D eigenvalue weighted by Gasteiger charge is -2.38. The molecule has 4 aromatic rings. The average Bonchev–Trinajstić information content (AvgIpc) is 3.84. The maximum absolute atomic E-state index is 14.6. The highest BCUT2D eigenvalue weighted by Crippen LogP contribution is 2.54. The third kappa shape index (κ3) is 7.42. The number of likely N-dealkylation sites (tertiary alicyclic amines) is 2. The quantitative estimate of drug-likeness (QED) is 0.138. The predicted octanol–water partition coefficient (Wildman–Crippen LogP) is 7.34. The minimum atomic E-state index is -6.25. The molecule has 2 saturated heterocycles. The average molecular weight is 836 g/mol. The zero-order chi connectivity index (χ0) is 40.7. The van der Waals surface area contributed by atoms with Crippen LogP contribution in [0.5, 0.6) is 0 Å². The van der Waals surface area contributed by atoms with Crippen LogP contribution in [0.3, 0.4) is 0 Å². The van der Waals surface area contributed by atoms with E-state index in [-0.39, 0.29) is 50.4 Å². The third-order valence-electron chi connectivity index (χ3n) is 9.98. The number of hydrogen-bond acceptors (Lipinski definition) is 8. The van der Waals surface area contributed by atoms with Gasteiger partial charge in [-0.2, -0.15) is 26.3 Å². The molecule has 1 aromatic heterocycles. The van der Waals surface area contributed by atoms with Crippen LogP contribution in [0, 0.1) is 23.4 Å². The summed E-state index contributed by atoms with van der Waals surface area (Å²) in [6, 6.07) is 7.24. The van der Waals surface area contributed by atoms with Crippen molar-refractivity contribution in [1.82, 2.24) is 20.0 Å². The number of ether oxygens (including phenoxy) is 1. The first-order chi connectivity index (χ1) is 26.3. The number of nitrogens with one attached hydrogen (secondary N) is 1. The molecule has 2 fully saturated rings. The first-order valence-corrected chi connectivity index (χ1v) is 19.1. The number of urea groups is 1. The van der Waals surface area contributed by atoms with Gasteiger partial charge in [-0.25, -0.2) is 26.4 Å². The number of rotatable bonds is 9. The molecule has 0 aliphatic carbocycles. The van der Waals surface area contributed by atoms with Crippen LogP contribution < -0.4 is 5.32 Å². The Morgan fingerprint density at radius 3 is 2.02 bits per heavy atom. The van der Waals surface area contributed by atoms with E-state index in [4.69, 9.17) is 0 Å². The Morgan fingerprint density at radius 2 is 1.46 bits per heavy atom. The second kappa shape index (κ2) is 15.3. The lowest BCUT2D eigenvalue weighted by Crippen LogP contribution is -2.56. The first kappa shape index (κ1) is 40.9. The SMILES string of the molecule is O=C(Nc1nncs1)C1CCN(C(=O)N2CCC(c3ccc(C(OCc4c(F)cccc4F)(C(F)(F)F)C(F)(F)F)cc3)(S(=O)(=O)c3ccc(F)cc3)C2)CC1. The summed E-state index contributed by atoms with van der Waals surface area (Å²) in [5.74, 6) is -4.50.